The molecule has 0 fully saturated rings. The fourth-order valence-electron chi connectivity index (χ4n) is 10.1. The summed E-state index contributed by atoms with van der Waals surface area (Å²) in [5.41, 5.74) is 19.9. The molecule has 0 aromatic heterocycles. The van der Waals surface area contributed by atoms with Crippen molar-refractivity contribution in [2.45, 2.75) is 17.8 Å². The van der Waals surface area contributed by atoms with Crippen LogP contribution in [0.3, 0.4) is 0 Å². The summed E-state index contributed by atoms with van der Waals surface area (Å²) in [5, 5.41) is 3.64. The number of benzene rings is 8. The molecule has 1 N–H and O–H groups in total. The first kappa shape index (κ1) is 38.0. The van der Waals surface area contributed by atoms with Crippen LogP contribution in [0, 0.1) is 0 Å². The first-order valence-electron chi connectivity index (χ1n) is 21.9. The number of nitrogens with zero attached hydrogens (tertiary/aromatic N) is 1. The van der Waals surface area contributed by atoms with E-state index in [-0.39, 0.29) is 5.92 Å². The van der Waals surface area contributed by atoms with Gasteiger partial charge < -0.3 is 10.2 Å². The lowest BCUT2D eigenvalue weighted by molar-refractivity contribution is 0.770. The molecule has 0 bridgehead atoms. The summed E-state index contributed by atoms with van der Waals surface area (Å²) >= 11 is 0. The summed E-state index contributed by atoms with van der Waals surface area (Å²) in [6.45, 7) is 4.58. The molecule has 300 valence electrons. The van der Waals surface area contributed by atoms with Crippen molar-refractivity contribution in [2.24, 2.45) is 0 Å². The Hall–Kier alpha value is -7.94. The molecule has 1 atom stereocenters. The van der Waals surface area contributed by atoms with E-state index < -0.39 is 5.41 Å². The smallest absolute Gasteiger partial charge is 0.0719 e. The zero-order valence-electron chi connectivity index (χ0n) is 35.0. The van der Waals surface area contributed by atoms with Crippen LogP contribution in [0.2, 0.25) is 0 Å². The Bertz CT molecular complexity index is 3080. The normalized spacial score (nSPS) is 16.9. The van der Waals surface area contributed by atoms with Gasteiger partial charge in [-0.3, -0.25) is 0 Å². The molecule has 0 saturated heterocycles. The lowest BCUT2D eigenvalue weighted by atomic mass is 9.66. The van der Waals surface area contributed by atoms with Crippen molar-refractivity contribution in [2.75, 3.05) is 10.2 Å². The largest absolute Gasteiger partial charge is 0.355 e. The minimum atomic E-state index is -0.479. The van der Waals surface area contributed by atoms with Crippen LogP contribution in [0.4, 0.5) is 17.1 Å². The van der Waals surface area contributed by atoms with Crippen LogP contribution in [-0.4, -0.2) is 0 Å². The monoisotopic (exact) mass is 806 g/mol. The molecule has 2 nitrogen and oxygen atoms in total. The van der Waals surface area contributed by atoms with Crippen LogP contribution in [0.5, 0.6) is 0 Å². The van der Waals surface area contributed by atoms with Gasteiger partial charge in [-0.15, -0.1) is 0 Å². The van der Waals surface area contributed by atoms with E-state index in [4.69, 9.17) is 0 Å². The number of nitrogens with one attached hydrogen (secondary N) is 1. The third-order valence-corrected chi connectivity index (χ3v) is 13.0. The van der Waals surface area contributed by atoms with Crippen LogP contribution in [0.25, 0.3) is 33.4 Å². The average molecular weight is 807 g/mol. The van der Waals surface area contributed by atoms with Gasteiger partial charge >= 0.3 is 0 Å². The maximum Gasteiger partial charge on any atom is 0.0719 e. The van der Waals surface area contributed by atoms with Gasteiger partial charge in [-0.25, -0.2) is 0 Å². The molecule has 1 aliphatic heterocycles. The third kappa shape index (κ3) is 6.68. The molecular formula is C61H46N2. The lowest BCUT2D eigenvalue weighted by Gasteiger charge is -2.35. The standard InChI is InChI=1S/C61H46N2/c1-43-19-15-16-40-63(59-39-36-46(42-56(43)59)45-20-17-21-47(41-45)52-28-12-14-33-58(52)62-50-26-9-4-10-27-50)51-37-34-44(35-38-51)53-30-18-31-55-54-29-11-13-32-57(54)61(60(53)55,48-22-5-2-6-23-48)49-24-7-3-8-25-49/h2-35,37-42,46,62H,1,36H2/b19-15-,40-16-. The number of hydrogen-bond donors (Lipinski definition) is 1. The summed E-state index contributed by atoms with van der Waals surface area (Å²) in [4.78, 5) is 2.33. The predicted molar refractivity (Wildman–Crippen MR) is 264 cm³/mol. The number of anilines is 3. The molecule has 1 heterocycles. The van der Waals surface area contributed by atoms with Gasteiger partial charge in [0.25, 0.3) is 0 Å². The summed E-state index contributed by atoms with van der Waals surface area (Å²) < 4.78 is 0. The van der Waals surface area contributed by atoms with Crippen molar-refractivity contribution in [1.82, 2.24) is 0 Å². The molecule has 0 amide bonds. The van der Waals surface area contributed by atoms with Crippen molar-refractivity contribution in [3.05, 3.63) is 294 Å². The number of allylic oxidation sites excluding steroid dienone is 6. The van der Waals surface area contributed by atoms with Gasteiger partial charge in [0.2, 0.25) is 0 Å². The highest BCUT2D eigenvalue weighted by atomic mass is 15.1. The Morgan fingerprint density at radius 3 is 1.94 bits per heavy atom. The molecule has 8 aromatic rings. The van der Waals surface area contributed by atoms with Gasteiger partial charge in [0.05, 0.1) is 5.41 Å². The molecule has 3 aliphatic rings. The fourth-order valence-corrected chi connectivity index (χ4v) is 10.1. The van der Waals surface area contributed by atoms with Crippen molar-refractivity contribution in [3.63, 3.8) is 0 Å². The van der Waals surface area contributed by atoms with Crippen molar-refractivity contribution in [3.8, 4) is 33.4 Å². The van der Waals surface area contributed by atoms with Gasteiger partial charge in [0.1, 0.15) is 0 Å². The highest BCUT2D eigenvalue weighted by molar-refractivity contribution is 5.93. The van der Waals surface area contributed by atoms with Crippen molar-refractivity contribution in [1.29, 1.82) is 0 Å². The van der Waals surface area contributed by atoms with Crippen LogP contribution in [-0.2, 0) is 5.41 Å². The van der Waals surface area contributed by atoms with E-state index in [0.29, 0.717) is 0 Å². The Kier molecular flexibility index (Phi) is 9.75. The van der Waals surface area contributed by atoms with Gasteiger partial charge in [-0.05, 0) is 104 Å². The summed E-state index contributed by atoms with van der Waals surface area (Å²) in [6, 6.07) is 75.0. The van der Waals surface area contributed by atoms with Crippen LogP contribution in [0.15, 0.2) is 266 Å². The van der Waals surface area contributed by atoms with E-state index in [0.717, 1.165) is 40.3 Å². The SMILES string of the molecule is C=C1/C=C\C=C/N(c2ccc(-c3cccc4c3C(c3ccccc3)(c3ccccc3)c3ccccc3-4)cc2)C2=CCC(c3cccc(-c4ccccc4Nc4ccccc4)c3)C=C12. The van der Waals surface area contributed by atoms with Crippen LogP contribution >= 0.6 is 0 Å². The second-order valence-corrected chi connectivity index (χ2v) is 16.6. The zero-order chi connectivity index (χ0) is 42.2. The Morgan fingerprint density at radius 1 is 0.540 bits per heavy atom. The predicted octanol–water partition coefficient (Wildman–Crippen LogP) is 15.6. The van der Waals surface area contributed by atoms with Crippen LogP contribution in [0.1, 0.15) is 40.2 Å². The Balaban J connectivity index is 0.944. The van der Waals surface area contributed by atoms with E-state index in [2.05, 4.69) is 254 Å². The second-order valence-electron chi connectivity index (χ2n) is 16.6. The molecule has 11 rings (SSSR count). The number of fused-ring (bicyclic) bond motifs is 4. The molecule has 0 radical (unpaired) electrons. The van der Waals surface area contributed by atoms with Gasteiger partial charge in [-0.2, -0.15) is 0 Å². The number of rotatable bonds is 8. The first-order chi connectivity index (χ1) is 31.2. The van der Waals surface area contributed by atoms with Gasteiger partial charge in [0, 0.05) is 46.0 Å². The Morgan fingerprint density at radius 2 is 1.17 bits per heavy atom. The maximum absolute atomic E-state index is 4.58. The molecule has 1 unspecified atom stereocenters. The van der Waals surface area contributed by atoms with E-state index in [1.54, 1.807) is 0 Å². The highest BCUT2D eigenvalue weighted by Crippen LogP contribution is 2.58. The maximum atomic E-state index is 4.58. The molecular weight excluding hydrogens is 761 g/mol. The summed E-state index contributed by atoms with van der Waals surface area (Å²) in [7, 11) is 0. The summed E-state index contributed by atoms with van der Waals surface area (Å²) in [5.74, 6) is 0.203. The molecule has 0 spiro atoms. The number of hydrogen-bond acceptors (Lipinski definition) is 2. The van der Waals surface area contributed by atoms with Crippen molar-refractivity contribution < 1.29 is 0 Å². The zero-order valence-corrected chi connectivity index (χ0v) is 35.0. The molecule has 2 aliphatic carbocycles. The molecule has 0 saturated carbocycles. The first-order valence-corrected chi connectivity index (χ1v) is 21.9. The van der Waals surface area contributed by atoms with Gasteiger partial charge in [-0.1, -0.05) is 207 Å². The highest BCUT2D eigenvalue weighted by Gasteiger charge is 2.47. The second kappa shape index (κ2) is 16.2. The fraction of sp³-hybridized carbons (Fsp3) is 0.0492. The average Bonchev–Trinajstić information content (AvgIpc) is 3.66. The quantitative estimate of drug-likeness (QED) is 0.165. The van der Waals surface area contributed by atoms with E-state index in [9.17, 15) is 0 Å². The third-order valence-electron chi connectivity index (χ3n) is 13.0. The lowest BCUT2D eigenvalue weighted by Crippen LogP contribution is -2.29. The molecule has 2 heteroatoms. The Labute approximate surface area is 370 Å². The topological polar surface area (TPSA) is 15.3 Å². The van der Waals surface area contributed by atoms with E-state index in [1.807, 2.05) is 6.07 Å². The van der Waals surface area contributed by atoms with E-state index >= 15 is 0 Å². The number of para-hydroxylation sites is 2. The van der Waals surface area contributed by atoms with Gasteiger partial charge in [0.15, 0.2) is 0 Å². The molecule has 8 aromatic carbocycles. The minimum Gasteiger partial charge on any atom is -0.355 e. The summed E-state index contributed by atoms with van der Waals surface area (Å²) in [6.07, 6.45) is 14.2. The van der Waals surface area contributed by atoms with E-state index in [1.165, 1.54) is 61.2 Å². The molecule has 63 heavy (non-hydrogen) atoms. The van der Waals surface area contributed by atoms with Crippen LogP contribution < -0.4 is 10.2 Å². The van der Waals surface area contributed by atoms with Crippen molar-refractivity contribution >= 4 is 17.1 Å². The minimum absolute atomic E-state index is 0.203.